The van der Waals surface area contributed by atoms with E-state index in [1.165, 1.54) is 6.07 Å². The Balaban J connectivity index is 1.74. The van der Waals surface area contributed by atoms with Crippen molar-refractivity contribution in [3.8, 4) is 11.3 Å². The van der Waals surface area contributed by atoms with E-state index in [1.807, 2.05) is 60.0 Å². The number of hydrogen-bond acceptors (Lipinski definition) is 3. The number of nitrogens with one attached hydrogen (secondary N) is 1. The molecule has 0 aliphatic rings. The molecule has 0 fully saturated rings. The Hall–Kier alpha value is -3.87. The lowest BCUT2D eigenvalue weighted by Gasteiger charge is -2.12. The summed E-state index contributed by atoms with van der Waals surface area (Å²) in [6.45, 7) is 1.95. The molecular weight excluding hydrogens is 401 g/mol. The number of aryl methyl sites for hydroxylation is 1. The van der Waals surface area contributed by atoms with Crippen LogP contribution in [0, 0.1) is 6.92 Å². The van der Waals surface area contributed by atoms with E-state index in [4.69, 9.17) is 4.98 Å². The molecule has 0 aliphatic heterocycles. The lowest BCUT2D eigenvalue weighted by Crippen LogP contribution is -2.05. The molecule has 31 heavy (non-hydrogen) atoms. The summed E-state index contributed by atoms with van der Waals surface area (Å²) in [5.74, 6) is 0.580. The molecule has 0 unspecified atom stereocenters. The monoisotopic (exact) mass is 418 g/mol. The van der Waals surface area contributed by atoms with Crippen LogP contribution in [0.1, 0.15) is 11.1 Å². The van der Waals surface area contributed by atoms with E-state index < -0.39 is 11.7 Å². The molecule has 4 nitrogen and oxygen atoms in total. The second-order valence-electron chi connectivity index (χ2n) is 7.28. The third kappa shape index (κ3) is 3.38. The maximum atomic E-state index is 13.2. The van der Waals surface area contributed by atoms with Crippen molar-refractivity contribution in [2.75, 3.05) is 5.32 Å². The van der Waals surface area contributed by atoms with Crippen molar-refractivity contribution in [2.24, 2.45) is 0 Å². The molecule has 2 aromatic carbocycles. The Labute approximate surface area is 176 Å². The van der Waals surface area contributed by atoms with Crippen LogP contribution in [0.3, 0.4) is 0 Å². The number of anilines is 2. The number of halogens is 3. The highest BCUT2D eigenvalue weighted by atomic mass is 19.4. The molecule has 7 heteroatoms. The van der Waals surface area contributed by atoms with Gasteiger partial charge < -0.3 is 5.32 Å². The zero-order chi connectivity index (χ0) is 21.6. The summed E-state index contributed by atoms with van der Waals surface area (Å²) in [4.78, 5) is 9.36. The number of fused-ring (bicyclic) bond motifs is 2. The summed E-state index contributed by atoms with van der Waals surface area (Å²) in [7, 11) is 0. The molecule has 0 saturated heterocycles. The number of alkyl halides is 3. The molecule has 0 atom stereocenters. The lowest BCUT2D eigenvalue weighted by atomic mass is 10.1. The zero-order valence-corrected chi connectivity index (χ0v) is 16.5. The first kappa shape index (κ1) is 19.1. The first-order chi connectivity index (χ1) is 14.9. The molecule has 0 amide bonds. The number of aromatic nitrogens is 3. The minimum absolute atomic E-state index is 0.326. The van der Waals surface area contributed by atoms with Gasteiger partial charge in [-0.1, -0.05) is 36.4 Å². The second kappa shape index (κ2) is 7.12. The van der Waals surface area contributed by atoms with E-state index in [9.17, 15) is 13.2 Å². The van der Waals surface area contributed by atoms with E-state index in [0.717, 1.165) is 39.8 Å². The summed E-state index contributed by atoms with van der Waals surface area (Å²) in [6.07, 6.45) is -0.865. The van der Waals surface area contributed by atoms with Gasteiger partial charge in [-0.3, -0.25) is 9.38 Å². The summed E-state index contributed by atoms with van der Waals surface area (Å²) < 4.78 is 41.5. The number of rotatable bonds is 3. The van der Waals surface area contributed by atoms with E-state index >= 15 is 0 Å². The molecule has 0 saturated carbocycles. The Bertz CT molecular complexity index is 1410. The molecule has 154 valence electrons. The SMILES string of the molecule is Cc1cccn2c(Nc3cccc(C(F)(F)F)c3)c(-c3cccc4cccnc34)nc12. The van der Waals surface area contributed by atoms with Crippen LogP contribution in [0.5, 0.6) is 0 Å². The molecule has 3 heterocycles. The molecule has 5 rings (SSSR count). The van der Waals surface area contributed by atoms with E-state index in [0.29, 0.717) is 17.2 Å². The Morgan fingerprint density at radius 2 is 1.74 bits per heavy atom. The van der Waals surface area contributed by atoms with Gasteiger partial charge in [0.05, 0.1) is 11.1 Å². The number of nitrogens with zero attached hydrogens (tertiary/aromatic N) is 3. The first-order valence-corrected chi connectivity index (χ1v) is 9.68. The summed E-state index contributed by atoms with van der Waals surface area (Å²) in [6, 6.07) is 18.6. The number of hydrogen-bond donors (Lipinski definition) is 1. The van der Waals surface area contributed by atoms with Gasteiger partial charge in [-0.2, -0.15) is 13.2 Å². The quantitative estimate of drug-likeness (QED) is 0.358. The van der Waals surface area contributed by atoms with Gasteiger partial charge in [0.25, 0.3) is 0 Å². The van der Waals surface area contributed by atoms with Crippen molar-refractivity contribution in [2.45, 2.75) is 13.1 Å². The van der Waals surface area contributed by atoms with Crippen molar-refractivity contribution >= 4 is 28.1 Å². The normalized spacial score (nSPS) is 11.9. The lowest BCUT2D eigenvalue weighted by molar-refractivity contribution is -0.137. The third-order valence-corrected chi connectivity index (χ3v) is 5.19. The molecular formula is C24H17F3N4. The van der Waals surface area contributed by atoms with E-state index in [1.54, 1.807) is 12.3 Å². The third-order valence-electron chi connectivity index (χ3n) is 5.19. The zero-order valence-electron chi connectivity index (χ0n) is 16.5. The fourth-order valence-electron chi connectivity index (χ4n) is 3.72. The topological polar surface area (TPSA) is 42.2 Å². The van der Waals surface area contributed by atoms with Crippen molar-refractivity contribution in [1.29, 1.82) is 0 Å². The van der Waals surface area contributed by atoms with Gasteiger partial charge in [0, 0.05) is 29.0 Å². The predicted molar refractivity (Wildman–Crippen MR) is 115 cm³/mol. The van der Waals surface area contributed by atoms with Gasteiger partial charge in [-0.05, 0) is 42.8 Å². The molecule has 0 bridgehead atoms. The molecule has 1 N–H and O–H groups in total. The van der Waals surface area contributed by atoms with Crippen LogP contribution in [0.4, 0.5) is 24.7 Å². The van der Waals surface area contributed by atoms with Gasteiger partial charge in [0.2, 0.25) is 0 Å². The van der Waals surface area contributed by atoms with Crippen LogP contribution < -0.4 is 5.32 Å². The molecule has 3 aromatic heterocycles. The van der Waals surface area contributed by atoms with Crippen LogP contribution in [-0.2, 0) is 6.18 Å². The van der Waals surface area contributed by atoms with Crippen LogP contribution >= 0.6 is 0 Å². The van der Waals surface area contributed by atoms with Gasteiger partial charge in [-0.25, -0.2) is 4.98 Å². The molecule has 0 radical (unpaired) electrons. The van der Waals surface area contributed by atoms with Gasteiger partial charge in [-0.15, -0.1) is 0 Å². The largest absolute Gasteiger partial charge is 0.416 e. The maximum absolute atomic E-state index is 13.2. The molecule has 5 aromatic rings. The average Bonchev–Trinajstić information content (AvgIpc) is 3.12. The van der Waals surface area contributed by atoms with Crippen LogP contribution in [-0.4, -0.2) is 14.4 Å². The minimum atomic E-state index is -4.42. The fourth-order valence-corrected chi connectivity index (χ4v) is 3.72. The number of benzene rings is 2. The summed E-state index contributed by atoms with van der Waals surface area (Å²) in [5.41, 5.74) is 3.49. The minimum Gasteiger partial charge on any atom is -0.339 e. The van der Waals surface area contributed by atoms with Crippen LogP contribution in [0.15, 0.2) is 79.1 Å². The van der Waals surface area contributed by atoms with Crippen molar-refractivity contribution in [3.63, 3.8) is 0 Å². The van der Waals surface area contributed by atoms with Crippen molar-refractivity contribution in [3.05, 3.63) is 90.3 Å². The Kier molecular flexibility index (Phi) is 4.39. The number of para-hydroxylation sites is 1. The fraction of sp³-hybridized carbons (Fsp3) is 0.0833. The van der Waals surface area contributed by atoms with E-state index in [2.05, 4.69) is 10.3 Å². The molecule has 0 aliphatic carbocycles. The van der Waals surface area contributed by atoms with Crippen LogP contribution in [0.25, 0.3) is 27.8 Å². The summed E-state index contributed by atoms with van der Waals surface area (Å²) in [5, 5.41) is 4.13. The smallest absolute Gasteiger partial charge is 0.339 e. The van der Waals surface area contributed by atoms with Gasteiger partial charge in [0.1, 0.15) is 17.2 Å². The Morgan fingerprint density at radius 1 is 0.935 bits per heavy atom. The van der Waals surface area contributed by atoms with Crippen molar-refractivity contribution < 1.29 is 13.2 Å². The van der Waals surface area contributed by atoms with Crippen LogP contribution in [0.2, 0.25) is 0 Å². The second-order valence-corrected chi connectivity index (χ2v) is 7.28. The predicted octanol–water partition coefficient (Wildman–Crippen LogP) is 6.62. The van der Waals surface area contributed by atoms with E-state index in [-0.39, 0.29) is 0 Å². The maximum Gasteiger partial charge on any atom is 0.416 e. The molecule has 0 spiro atoms. The average molecular weight is 418 g/mol. The number of imidazole rings is 1. The highest BCUT2D eigenvalue weighted by Gasteiger charge is 2.30. The first-order valence-electron chi connectivity index (χ1n) is 9.68. The van der Waals surface area contributed by atoms with Crippen molar-refractivity contribution in [1.82, 2.24) is 14.4 Å². The summed E-state index contributed by atoms with van der Waals surface area (Å²) >= 11 is 0. The number of pyridine rings is 2. The van der Waals surface area contributed by atoms with Gasteiger partial charge >= 0.3 is 6.18 Å². The standard InChI is InChI=1S/C24H17F3N4/c1-15-6-5-13-31-22(15)30-21(19-11-2-7-16-8-4-12-28-20(16)19)23(31)29-18-10-3-9-17(14-18)24(25,26)27/h2-14,29H,1H3. The van der Waals surface area contributed by atoms with Gasteiger partial charge in [0.15, 0.2) is 0 Å². The highest BCUT2D eigenvalue weighted by molar-refractivity contribution is 5.96. The highest BCUT2D eigenvalue weighted by Crippen LogP contribution is 2.36. The Morgan fingerprint density at radius 3 is 2.58 bits per heavy atom.